The molecule has 1 aromatic carbocycles. The average Bonchev–Trinajstić information content (AvgIpc) is 3.06. The summed E-state index contributed by atoms with van der Waals surface area (Å²) in [6.45, 7) is 0.394. The van der Waals surface area contributed by atoms with Crippen molar-refractivity contribution in [1.82, 2.24) is 0 Å². The Morgan fingerprint density at radius 2 is 2.08 bits per heavy atom. The largest absolute Gasteiger partial charge is 0.462 e. The van der Waals surface area contributed by atoms with Crippen LogP contribution in [-0.2, 0) is 10.3 Å². The third-order valence-corrected chi connectivity index (χ3v) is 5.08. The van der Waals surface area contributed by atoms with Crippen LogP contribution < -0.4 is 5.73 Å². The smallest absolute Gasteiger partial charge is 0.283 e. The molecule has 2 aliphatic heterocycles. The van der Waals surface area contributed by atoms with E-state index in [1.54, 1.807) is 6.21 Å². The van der Waals surface area contributed by atoms with Crippen molar-refractivity contribution >= 4 is 12.2 Å². The van der Waals surface area contributed by atoms with Gasteiger partial charge in [0, 0.05) is 17.7 Å². The second-order valence-corrected chi connectivity index (χ2v) is 6.54. The number of amidine groups is 1. The van der Waals surface area contributed by atoms with Gasteiger partial charge in [0.25, 0.3) is 6.02 Å². The summed E-state index contributed by atoms with van der Waals surface area (Å²) in [5, 5.41) is 0. The Hall–Kier alpha value is -2.69. The molecule has 3 aliphatic rings. The van der Waals surface area contributed by atoms with E-state index < -0.39 is 5.54 Å². The summed E-state index contributed by atoms with van der Waals surface area (Å²) in [7, 11) is 0. The van der Waals surface area contributed by atoms with Crippen LogP contribution in [0.5, 0.6) is 0 Å². The monoisotopic (exact) mass is 337 g/mol. The molecule has 5 heteroatoms. The first-order chi connectivity index (χ1) is 12.2. The number of hydrogen-bond acceptors (Lipinski definition) is 4. The van der Waals surface area contributed by atoms with Crippen LogP contribution in [0.4, 0.5) is 4.39 Å². The van der Waals surface area contributed by atoms with Crippen LogP contribution >= 0.6 is 0 Å². The Balaban J connectivity index is 1.70. The van der Waals surface area contributed by atoms with Gasteiger partial charge in [-0.3, -0.25) is 0 Å². The van der Waals surface area contributed by atoms with Crippen LogP contribution in [0, 0.1) is 5.92 Å². The zero-order valence-corrected chi connectivity index (χ0v) is 13.9. The van der Waals surface area contributed by atoms with Crippen molar-refractivity contribution in [2.45, 2.75) is 24.8 Å². The molecule has 0 aromatic heterocycles. The number of rotatable bonds is 3. The lowest BCUT2D eigenvalue weighted by molar-refractivity contribution is 0.211. The molecular weight excluding hydrogens is 317 g/mol. The van der Waals surface area contributed by atoms with Crippen molar-refractivity contribution < 1.29 is 9.13 Å². The molecule has 0 bridgehead atoms. The van der Waals surface area contributed by atoms with Crippen LogP contribution in [0.1, 0.15) is 24.8 Å². The highest BCUT2D eigenvalue weighted by molar-refractivity contribution is 5.74. The maximum Gasteiger partial charge on any atom is 0.283 e. The SMILES string of the molecule is NC1=NC(c2ccccc2)(C2C=CC=C(C3=C(F)N=CCC3)C2)CO1. The lowest BCUT2D eigenvalue weighted by Gasteiger charge is -2.34. The third-order valence-electron chi connectivity index (χ3n) is 5.08. The van der Waals surface area contributed by atoms with Crippen molar-refractivity contribution in [2.24, 2.45) is 21.6 Å². The van der Waals surface area contributed by atoms with E-state index in [1.807, 2.05) is 42.5 Å². The minimum absolute atomic E-state index is 0.0437. The van der Waals surface area contributed by atoms with Gasteiger partial charge in [-0.15, -0.1) is 0 Å². The van der Waals surface area contributed by atoms with Crippen LogP contribution in [0.25, 0.3) is 0 Å². The Bertz CT molecular complexity index is 823. The van der Waals surface area contributed by atoms with Gasteiger partial charge < -0.3 is 10.5 Å². The van der Waals surface area contributed by atoms with Crippen LogP contribution in [-0.4, -0.2) is 18.8 Å². The summed E-state index contributed by atoms with van der Waals surface area (Å²) in [5.41, 5.74) is 8.03. The molecule has 2 atom stereocenters. The molecule has 0 fully saturated rings. The molecule has 0 radical (unpaired) electrons. The predicted molar refractivity (Wildman–Crippen MR) is 96.9 cm³/mol. The topological polar surface area (TPSA) is 60.0 Å². The Morgan fingerprint density at radius 3 is 2.80 bits per heavy atom. The Labute approximate surface area is 146 Å². The lowest BCUT2D eigenvalue weighted by atomic mass is 9.73. The van der Waals surface area contributed by atoms with Crippen molar-refractivity contribution in [3.05, 3.63) is 71.2 Å². The summed E-state index contributed by atoms with van der Waals surface area (Å²) in [5.74, 6) is -0.326. The molecule has 1 aromatic rings. The highest BCUT2D eigenvalue weighted by Gasteiger charge is 2.45. The van der Waals surface area contributed by atoms with Gasteiger partial charge in [-0.2, -0.15) is 4.39 Å². The van der Waals surface area contributed by atoms with Gasteiger partial charge >= 0.3 is 0 Å². The Kier molecular flexibility index (Phi) is 3.99. The highest BCUT2D eigenvalue weighted by atomic mass is 19.1. The zero-order chi connectivity index (χ0) is 17.3. The minimum Gasteiger partial charge on any atom is -0.462 e. The second-order valence-electron chi connectivity index (χ2n) is 6.54. The first-order valence-electron chi connectivity index (χ1n) is 8.51. The van der Waals surface area contributed by atoms with Crippen molar-refractivity contribution in [3.63, 3.8) is 0 Å². The summed E-state index contributed by atoms with van der Waals surface area (Å²) in [6, 6.07) is 10.2. The summed E-state index contributed by atoms with van der Waals surface area (Å²) >= 11 is 0. The first-order valence-corrected chi connectivity index (χ1v) is 8.51. The molecular formula is C20H20FN3O. The number of benzene rings is 1. The summed E-state index contributed by atoms with van der Waals surface area (Å²) < 4.78 is 19.7. The van der Waals surface area contributed by atoms with Gasteiger partial charge in [-0.25, -0.2) is 9.98 Å². The van der Waals surface area contributed by atoms with E-state index in [0.29, 0.717) is 25.0 Å². The van der Waals surface area contributed by atoms with E-state index in [-0.39, 0.29) is 17.9 Å². The molecule has 0 saturated carbocycles. The van der Waals surface area contributed by atoms with E-state index in [1.165, 1.54) is 0 Å². The summed E-state index contributed by atoms with van der Waals surface area (Å²) in [6.07, 6.45) is 9.85. The van der Waals surface area contributed by atoms with Crippen molar-refractivity contribution in [2.75, 3.05) is 6.61 Å². The number of halogens is 1. The fourth-order valence-electron chi connectivity index (χ4n) is 3.78. The zero-order valence-electron chi connectivity index (χ0n) is 13.9. The van der Waals surface area contributed by atoms with Crippen LogP contribution in [0.2, 0.25) is 0 Å². The number of ether oxygens (including phenoxy) is 1. The summed E-state index contributed by atoms with van der Waals surface area (Å²) in [4.78, 5) is 8.51. The molecule has 25 heavy (non-hydrogen) atoms. The number of hydrogen-bond donors (Lipinski definition) is 1. The maximum absolute atomic E-state index is 14.2. The molecule has 128 valence electrons. The quantitative estimate of drug-likeness (QED) is 0.854. The van der Waals surface area contributed by atoms with Crippen LogP contribution in [0.15, 0.2) is 75.6 Å². The molecule has 2 heterocycles. The molecule has 2 N–H and O–H groups in total. The van der Waals surface area contributed by atoms with Gasteiger partial charge in [-0.05, 0) is 30.4 Å². The van der Waals surface area contributed by atoms with Crippen LogP contribution in [0.3, 0.4) is 0 Å². The van der Waals surface area contributed by atoms with E-state index >= 15 is 0 Å². The molecule has 0 spiro atoms. The van der Waals surface area contributed by atoms with E-state index in [0.717, 1.165) is 17.6 Å². The van der Waals surface area contributed by atoms with Gasteiger partial charge in [0.15, 0.2) is 0 Å². The lowest BCUT2D eigenvalue weighted by Crippen LogP contribution is -2.35. The van der Waals surface area contributed by atoms with Gasteiger partial charge in [0.05, 0.1) is 0 Å². The normalized spacial score (nSPS) is 28.6. The van der Waals surface area contributed by atoms with E-state index in [4.69, 9.17) is 10.5 Å². The average molecular weight is 337 g/mol. The fourth-order valence-corrected chi connectivity index (χ4v) is 3.78. The standard InChI is InChI=1S/C20H20FN3O/c21-18-17(10-5-11-23-18)14-6-4-9-16(12-14)20(13-25-19(22)24-20)15-7-2-1-3-8-15/h1-4,6-9,11,16H,5,10,12-13H2,(H2,22,24). The minimum atomic E-state index is -0.573. The number of nitrogens with two attached hydrogens (primary N) is 1. The predicted octanol–water partition coefficient (Wildman–Crippen LogP) is 3.78. The number of allylic oxidation sites excluding steroid dienone is 4. The molecule has 1 aliphatic carbocycles. The van der Waals surface area contributed by atoms with E-state index in [2.05, 4.69) is 16.1 Å². The maximum atomic E-state index is 14.2. The second kappa shape index (κ2) is 6.31. The van der Waals surface area contributed by atoms with Gasteiger partial charge in [0.2, 0.25) is 5.95 Å². The molecule has 2 unspecified atom stereocenters. The first kappa shape index (κ1) is 15.8. The van der Waals surface area contributed by atoms with Crippen molar-refractivity contribution in [3.8, 4) is 0 Å². The molecule has 0 amide bonds. The molecule has 4 rings (SSSR count). The van der Waals surface area contributed by atoms with Gasteiger partial charge in [-0.1, -0.05) is 48.6 Å². The van der Waals surface area contributed by atoms with Gasteiger partial charge in [0.1, 0.15) is 12.1 Å². The van der Waals surface area contributed by atoms with E-state index in [9.17, 15) is 4.39 Å². The fraction of sp³-hybridized carbons (Fsp3) is 0.300. The molecule has 4 nitrogen and oxygen atoms in total. The Morgan fingerprint density at radius 1 is 1.24 bits per heavy atom. The molecule has 0 saturated heterocycles. The van der Waals surface area contributed by atoms with Crippen molar-refractivity contribution in [1.29, 1.82) is 0 Å². The number of nitrogens with zero attached hydrogens (tertiary/aromatic N) is 2. The third kappa shape index (κ3) is 2.80. The number of aliphatic imine (C=N–C) groups is 2. The highest BCUT2D eigenvalue weighted by Crippen LogP contribution is 2.44.